The van der Waals surface area contributed by atoms with Crippen molar-refractivity contribution in [3.8, 4) is 23.0 Å². The van der Waals surface area contributed by atoms with Gasteiger partial charge in [-0.15, -0.1) is 0 Å². The molecule has 7 nitrogen and oxygen atoms in total. The van der Waals surface area contributed by atoms with Gasteiger partial charge in [0.05, 0.1) is 19.7 Å². The topological polar surface area (TPSA) is 81.7 Å². The van der Waals surface area contributed by atoms with E-state index in [4.69, 9.17) is 14.2 Å². The number of rotatable bonds is 6. The van der Waals surface area contributed by atoms with Crippen LogP contribution in [0.25, 0.3) is 10.9 Å². The molecular weight excluding hydrogens is 430 g/mol. The fourth-order valence-corrected chi connectivity index (χ4v) is 4.21. The third-order valence-corrected chi connectivity index (χ3v) is 5.90. The Morgan fingerprint density at radius 1 is 0.794 bits per heavy atom. The number of carbonyl (C=O) groups excluding carboxylic acids is 1. The van der Waals surface area contributed by atoms with E-state index in [2.05, 4.69) is 27.8 Å². The number of nitrogens with zero attached hydrogens (tertiary/aromatic N) is 1. The Morgan fingerprint density at radius 3 is 2.29 bits per heavy atom. The molecule has 0 radical (unpaired) electrons. The van der Waals surface area contributed by atoms with E-state index in [0.29, 0.717) is 28.7 Å². The van der Waals surface area contributed by atoms with Crippen LogP contribution in [0.2, 0.25) is 0 Å². The van der Waals surface area contributed by atoms with Gasteiger partial charge in [0.25, 0.3) is 0 Å². The first-order chi connectivity index (χ1) is 16.6. The number of carbonyl (C=O) groups is 1. The normalized spacial score (nSPS) is 12.2. The fraction of sp³-hybridized carbons (Fsp3) is 0.185. The minimum atomic E-state index is -0.284. The highest BCUT2D eigenvalue weighted by molar-refractivity contribution is 5.99. The Hall–Kier alpha value is -4.26. The van der Waals surface area contributed by atoms with E-state index >= 15 is 0 Å². The van der Waals surface area contributed by atoms with Crippen LogP contribution in [0.1, 0.15) is 17.5 Å². The number of urea groups is 1. The lowest BCUT2D eigenvalue weighted by atomic mass is 10.1. The van der Waals surface area contributed by atoms with E-state index in [1.54, 1.807) is 50.7 Å². The van der Waals surface area contributed by atoms with Crippen LogP contribution in [0.3, 0.4) is 0 Å². The van der Waals surface area contributed by atoms with Gasteiger partial charge in [0.2, 0.25) is 0 Å². The molecule has 3 aromatic carbocycles. The van der Waals surface area contributed by atoms with Crippen LogP contribution in [0, 0.1) is 0 Å². The van der Waals surface area contributed by atoms with E-state index in [0.717, 1.165) is 29.4 Å². The smallest absolute Gasteiger partial charge is 0.323 e. The largest absolute Gasteiger partial charge is 0.493 e. The number of benzene rings is 3. The SMILES string of the molecule is COc1cc2nccc(Oc3ccc(NC(=O)Nc4ccc5c(c4)CCC5)cc3)c2cc1OC. The predicted molar refractivity (Wildman–Crippen MR) is 132 cm³/mol. The Labute approximate surface area is 197 Å². The number of methoxy groups -OCH3 is 2. The number of amides is 2. The van der Waals surface area contributed by atoms with Gasteiger partial charge in [-0.1, -0.05) is 6.07 Å². The Bertz CT molecular complexity index is 1350. The maximum atomic E-state index is 12.4. The molecule has 1 aliphatic rings. The zero-order valence-corrected chi connectivity index (χ0v) is 19.1. The number of nitrogens with one attached hydrogen (secondary N) is 2. The standard InChI is InChI=1S/C27H25N3O4/c1-32-25-15-22-23(16-26(25)33-2)28-13-12-24(22)34-21-10-8-19(9-11-21)29-27(31)30-20-7-6-17-4-3-5-18(17)14-20/h6-16H,3-5H2,1-2H3,(H2,29,30,31). The number of hydrogen-bond acceptors (Lipinski definition) is 5. The molecule has 0 unspecified atom stereocenters. The van der Waals surface area contributed by atoms with Gasteiger partial charge in [0, 0.05) is 29.0 Å². The van der Waals surface area contributed by atoms with Crippen LogP contribution in [-0.4, -0.2) is 25.2 Å². The molecule has 1 aromatic heterocycles. The molecule has 5 rings (SSSR count). The maximum Gasteiger partial charge on any atom is 0.323 e. The minimum absolute atomic E-state index is 0.284. The summed E-state index contributed by atoms with van der Waals surface area (Å²) >= 11 is 0. The van der Waals surface area contributed by atoms with Crippen LogP contribution in [0.15, 0.2) is 66.9 Å². The van der Waals surface area contributed by atoms with E-state index < -0.39 is 0 Å². The van der Waals surface area contributed by atoms with Crippen molar-refractivity contribution in [2.75, 3.05) is 24.9 Å². The van der Waals surface area contributed by atoms with Gasteiger partial charge in [-0.25, -0.2) is 4.79 Å². The monoisotopic (exact) mass is 455 g/mol. The number of anilines is 2. The molecule has 0 aliphatic heterocycles. The molecule has 0 atom stereocenters. The van der Waals surface area contributed by atoms with Gasteiger partial charge >= 0.3 is 6.03 Å². The summed E-state index contributed by atoms with van der Waals surface area (Å²) in [5.74, 6) is 2.47. The number of aryl methyl sites for hydroxylation is 2. The Balaban J connectivity index is 1.27. The van der Waals surface area contributed by atoms with E-state index in [-0.39, 0.29) is 6.03 Å². The lowest BCUT2D eigenvalue weighted by molar-refractivity contribution is 0.262. The summed E-state index contributed by atoms with van der Waals surface area (Å²) in [5, 5.41) is 6.57. The molecule has 0 saturated carbocycles. The van der Waals surface area contributed by atoms with Crippen LogP contribution >= 0.6 is 0 Å². The molecule has 0 saturated heterocycles. The minimum Gasteiger partial charge on any atom is -0.493 e. The Kier molecular flexibility index (Phi) is 5.91. The quantitative estimate of drug-likeness (QED) is 0.363. The summed E-state index contributed by atoms with van der Waals surface area (Å²) in [7, 11) is 3.18. The number of hydrogen-bond donors (Lipinski definition) is 2. The molecule has 2 N–H and O–H groups in total. The molecule has 34 heavy (non-hydrogen) atoms. The van der Waals surface area contributed by atoms with Crippen molar-refractivity contribution in [2.24, 2.45) is 0 Å². The van der Waals surface area contributed by atoms with Crippen molar-refractivity contribution in [3.05, 3.63) is 78.0 Å². The molecule has 7 heteroatoms. The molecule has 0 bridgehead atoms. The van der Waals surface area contributed by atoms with Crippen LogP contribution in [0.4, 0.5) is 16.2 Å². The van der Waals surface area contributed by atoms with Crippen molar-refractivity contribution in [1.82, 2.24) is 4.98 Å². The van der Waals surface area contributed by atoms with Crippen LogP contribution in [-0.2, 0) is 12.8 Å². The molecule has 0 fully saturated rings. The third-order valence-electron chi connectivity index (χ3n) is 5.90. The summed E-state index contributed by atoms with van der Waals surface area (Å²) < 4.78 is 16.9. The van der Waals surface area contributed by atoms with Crippen molar-refractivity contribution in [1.29, 1.82) is 0 Å². The van der Waals surface area contributed by atoms with Crippen molar-refractivity contribution in [3.63, 3.8) is 0 Å². The third kappa shape index (κ3) is 4.45. The van der Waals surface area contributed by atoms with Gasteiger partial charge in [-0.05, 0) is 78.9 Å². The van der Waals surface area contributed by atoms with Crippen molar-refractivity contribution >= 4 is 28.3 Å². The van der Waals surface area contributed by atoms with Crippen molar-refractivity contribution in [2.45, 2.75) is 19.3 Å². The summed E-state index contributed by atoms with van der Waals surface area (Å²) in [5.41, 5.74) is 4.89. The molecule has 1 aliphatic carbocycles. The number of fused-ring (bicyclic) bond motifs is 2. The Morgan fingerprint density at radius 2 is 1.50 bits per heavy atom. The number of pyridine rings is 1. The van der Waals surface area contributed by atoms with E-state index in [1.807, 2.05) is 18.2 Å². The van der Waals surface area contributed by atoms with E-state index in [1.165, 1.54) is 17.5 Å². The molecule has 4 aromatic rings. The zero-order chi connectivity index (χ0) is 23.5. The summed E-state index contributed by atoms with van der Waals surface area (Å²) in [6.07, 6.45) is 5.05. The summed E-state index contributed by atoms with van der Waals surface area (Å²) in [6.45, 7) is 0. The molecule has 2 amide bonds. The number of ether oxygens (including phenoxy) is 3. The highest BCUT2D eigenvalue weighted by Gasteiger charge is 2.13. The highest BCUT2D eigenvalue weighted by Crippen LogP contribution is 2.37. The lowest BCUT2D eigenvalue weighted by Crippen LogP contribution is -2.19. The first-order valence-corrected chi connectivity index (χ1v) is 11.1. The lowest BCUT2D eigenvalue weighted by Gasteiger charge is -2.13. The van der Waals surface area contributed by atoms with Gasteiger partial charge in [0.15, 0.2) is 11.5 Å². The van der Waals surface area contributed by atoms with Gasteiger partial charge in [-0.2, -0.15) is 0 Å². The zero-order valence-electron chi connectivity index (χ0n) is 19.1. The predicted octanol–water partition coefficient (Wildman–Crippen LogP) is 6.18. The fourth-order valence-electron chi connectivity index (χ4n) is 4.21. The second-order valence-corrected chi connectivity index (χ2v) is 8.08. The second kappa shape index (κ2) is 9.31. The van der Waals surface area contributed by atoms with E-state index in [9.17, 15) is 4.79 Å². The second-order valence-electron chi connectivity index (χ2n) is 8.08. The molecular formula is C27H25N3O4. The van der Waals surface area contributed by atoms with Gasteiger partial charge in [0.1, 0.15) is 11.5 Å². The maximum absolute atomic E-state index is 12.4. The molecule has 172 valence electrons. The van der Waals surface area contributed by atoms with Crippen LogP contribution in [0.5, 0.6) is 23.0 Å². The average molecular weight is 456 g/mol. The first-order valence-electron chi connectivity index (χ1n) is 11.1. The first kappa shape index (κ1) is 21.6. The van der Waals surface area contributed by atoms with Gasteiger partial charge in [-0.3, -0.25) is 4.98 Å². The van der Waals surface area contributed by atoms with Crippen LogP contribution < -0.4 is 24.8 Å². The summed E-state index contributed by atoms with van der Waals surface area (Å²) in [6, 6.07) is 18.5. The van der Waals surface area contributed by atoms with Gasteiger partial charge < -0.3 is 24.8 Å². The molecule has 1 heterocycles. The van der Waals surface area contributed by atoms with Crippen molar-refractivity contribution < 1.29 is 19.0 Å². The summed E-state index contributed by atoms with van der Waals surface area (Å²) in [4.78, 5) is 16.8. The average Bonchev–Trinajstić information content (AvgIpc) is 3.32. The molecule has 0 spiro atoms. The number of aromatic nitrogens is 1. The highest BCUT2D eigenvalue weighted by atomic mass is 16.5.